The van der Waals surface area contributed by atoms with Crippen LogP contribution in [0.5, 0.6) is 0 Å². The highest BCUT2D eigenvalue weighted by Gasteiger charge is 2.15. The summed E-state index contributed by atoms with van der Waals surface area (Å²) in [4.78, 5) is 0. The van der Waals surface area contributed by atoms with Gasteiger partial charge in [-0.25, -0.2) is 0 Å². The molecule has 19 heavy (non-hydrogen) atoms. The van der Waals surface area contributed by atoms with E-state index in [0.29, 0.717) is 0 Å². The molecule has 1 unspecified atom stereocenters. The molecule has 2 rings (SSSR count). The maximum atomic E-state index is 6.03. The SMILES string of the molecule is Cc1cccc(C)c1C(Cc1cccc(Cl)c1)NN. The van der Waals surface area contributed by atoms with Gasteiger partial charge in [-0.05, 0) is 54.7 Å². The van der Waals surface area contributed by atoms with Gasteiger partial charge in [-0.3, -0.25) is 11.3 Å². The first-order valence-electron chi connectivity index (χ1n) is 6.38. The first-order valence-corrected chi connectivity index (χ1v) is 6.76. The van der Waals surface area contributed by atoms with Crippen LogP contribution in [0.2, 0.25) is 5.02 Å². The lowest BCUT2D eigenvalue weighted by atomic mass is 9.92. The molecule has 0 amide bonds. The Morgan fingerprint density at radius 1 is 1.11 bits per heavy atom. The zero-order valence-electron chi connectivity index (χ0n) is 11.3. The van der Waals surface area contributed by atoms with Crippen molar-refractivity contribution in [3.8, 4) is 0 Å². The minimum atomic E-state index is 0.0969. The molecule has 0 fully saturated rings. The molecular weight excluding hydrogens is 256 g/mol. The molecule has 0 saturated carbocycles. The summed E-state index contributed by atoms with van der Waals surface area (Å²) in [6.07, 6.45) is 0.822. The Labute approximate surface area is 119 Å². The van der Waals surface area contributed by atoms with Crippen LogP contribution in [0.4, 0.5) is 0 Å². The number of nitrogens with two attached hydrogens (primary N) is 1. The largest absolute Gasteiger partial charge is 0.271 e. The third-order valence-electron chi connectivity index (χ3n) is 3.42. The first kappa shape index (κ1) is 14.1. The van der Waals surface area contributed by atoms with Crippen molar-refractivity contribution in [2.24, 2.45) is 5.84 Å². The third kappa shape index (κ3) is 3.35. The van der Waals surface area contributed by atoms with Crippen molar-refractivity contribution >= 4 is 11.6 Å². The molecule has 3 heteroatoms. The Balaban J connectivity index is 2.30. The molecule has 2 nitrogen and oxygen atoms in total. The topological polar surface area (TPSA) is 38.0 Å². The summed E-state index contributed by atoms with van der Waals surface area (Å²) >= 11 is 6.03. The summed E-state index contributed by atoms with van der Waals surface area (Å²) in [5.41, 5.74) is 7.88. The summed E-state index contributed by atoms with van der Waals surface area (Å²) < 4.78 is 0. The van der Waals surface area contributed by atoms with Crippen molar-refractivity contribution in [3.05, 3.63) is 69.7 Å². The lowest BCUT2D eigenvalue weighted by Crippen LogP contribution is -2.30. The van der Waals surface area contributed by atoms with E-state index in [1.807, 2.05) is 18.2 Å². The van der Waals surface area contributed by atoms with E-state index in [4.69, 9.17) is 17.4 Å². The molecule has 100 valence electrons. The smallest absolute Gasteiger partial charge is 0.0505 e. The molecule has 0 aliphatic rings. The summed E-state index contributed by atoms with van der Waals surface area (Å²) in [6, 6.07) is 14.3. The van der Waals surface area contributed by atoms with Gasteiger partial charge in [-0.15, -0.1) is 0 Å². The maximum Gasteiger partial charge on any atom is 0.0505 e. The highest BCUT2D eigenvalue weighted by atomic mass is 35.5. The van der Waals surface area contributed by atoms with Crippen LogP contribution >= 0.6 is 11.6 Å². The quantitative estimate of drug-likeness (QED) is 0.659. The van der Waals surface area contributed by atoms with Gasteiger partial charge >= 0.3 is 0 Å². The van der Waals surface area contributed by atoms with Crippen LogP contribution in [0.15, 0.2) is 42.5 Å². The van der Waals surface area contributed by atoms with Crippen molar-refractivity contribution < 1.29 is 0 Å². The van der Waals surface area contributed by atoms with Crippen molar-refractivity contribution in [2.75, 3.05) is 0 Å². The third-order valence-corrected chi connectivity index (χ3v) is 3.66. The number of benzene rings is 2. The second-order valence-corrected chi connectivity index (χ2v) is 5.30. The van der Waals surface area contributed by atoms with E-state index in [1.165, 1.54) is 22.3 Å². The van der Waals surface area contributed by atoms with Crippen molar-refractivity contribution in [1.29, 1.82) is 0 Å². The lowest BCUT2D eigenvalue weighted by molar-refractivity contribution is 0.547. The molecule has 1 atom stereocenters. The fourth-order valence-corrected chi connectivity index (χ4v) is 2.73. The summed E-state index contributed by atoms with van der Waals surface area (Å²) in [6.45, 7) is 4.23. The molecule has 0 aliphatic carbocycles. The lowest BCUT2D eigenvalue weighted by Gasteiger charge is -2.21. The van der Waals surface area contributed by atoms with Crippen LogP contribution in [0.1, 0.15) is 28.3 Å². The van der Waals surface area contributed by atoms with Gasteiger partial charge in [0, 0.05) is 5.02 Å². The Bertz CT molecular complexity index is 546. The van der Waals surface area contributed by atoms with Gasteiger partial charge in [0.25, 0.3) is 0 Å². The fraction of sp³-hybridized carbons (Fsp3) is 0.250. The standard InChI is InChI=1S/C16H19ClN2/c1-11-5-3-6-12(2)16(11)15(19-18)10-13-7-4-8-14(17)9-13/h3-9,15,19H,10,18H2,1-2H3. The van der Waals surface area contributed by atoms with E-state index < -0.39 is 0 Å². The maximum absolute atomic E-state index is 6.03. The monoisotopic (exact) mass is 274 g/mol. The number of aryl methyl sites for hydroxylation is 2. The normalized spacial score (nSPS) is 12.4. The van der Waals surface area contributed by atoms with Gasteiger partial charge in [-0.2, -0.15) is 0 Å². The van der Waals surface area contributed by atoms with Crippen LogP contribution in [0.3, 0.4) is 0 Å². The highest BCUT2D eigenvalue weighted by molar-refractivity contribution is 6.30. The van der Waals surface area contributed by atoms with E-state index in [9.17, 15) is 0 Å². The van der Waals surface area contributed by atoms with Crippen molar-refractivity contribution in [1.82, 2.24) is 5.43 Å². The zero-order chi connectivity index (χ0) is 13.8. The predicted molar refractivity (Wildman–Crippen MR) is 81.1 cm³/mol. The molecule has 2 aromatic carbocycles. The van der Waals surface area contributed by atoms with Crippen LogP contribution < -0.4 is 11.3 Å². The van der Waals surface area contributed by atoms with Crippen LogP contribution in [0, 0.1) is 13.8 Å². The minimum absolute atomic E-state index is 0.0969. The molecule has 0 heterocycles. The molecule has 0 spiro atoms. The van der Waals surface area contributed by atoms with E-state index in [-0.39, 0.29) is 6.04 Å². The number of hydrogen-bond donors (Lipinski definition) is 2. The Hall–Kier alpha value is -1.35. The Morgan fingerprint density at radius 3 is 2.32 bits per heavy atom. The molecule has 2 aromatic rings. The number of hydrogen-bond acceptors (Lipinski definition) is 2. The number of hydrazine groups is 1. The van der Waals surface area contributed by atoms with Crippen LogP contribution in [0.25, 0.3) is 0 Å². The molecule has 0 aromatic heterocycles. The average Bonchev–Trinajstić information content (AvgIpc) is 2.37. The Morgan fingerprint density at radius 2 is 1.74 bits per heavy atom. The van der Waals surface area contributed by atoms with E-state index in [0.717, 1.165) is 11.4 Å². The van der Waals surface area contributed by atoms with Crippen LogP contribution in [-0.2, 0) is 6.42 Å². The summed E-state index contributed by atoms with van der Waals surface area (Å²) in [5, 5.41) is 0.759. The zero-order valence-corrected chi connectivity index (χ0v) is 12.0. The number of halogens is 1. The van der Waals surface area contributed by atoms with Gasteiger partial charge in [0.05, 0.1) is 6.04 Å². The van der Waals surface area contributed by atoms with Crippen molar-refractivity contribution in [2.45, 2.75) is 26.3 Å². The number of nitrogens with one attached hydrogen (secondary N) is 1. The second kappa shape index (κ2) is 6.20. The average molecular weight is 275 g/mol. The summed E-state index contributed by atoms with van der Waals surface area (Å²) in [5.74, 6) is 5.75. The number of rotatable bonds is 4. The molecule has 0 radical (unpaired) electrons. The van der Waals surface area contributed by atoms with Gasteiger partial charge in [-0.1, -0.05) is 41.9 Å². The highest BCUT2D eigenvalue weighted by Crippen LogP contribution is 2.25. The molecule has 0 bridgehead atoms. The van der Waals surface area contributed by atoms with Gasteiger partial charge in [0.15, 0.2) is 0 Å². The molecular formula is C16H19ClN2. The fourth-order valence-electron chi connectivity index (χ4n) is 2.52. The molecule has 0 aliphatic heterocycles. The van der Waals surface area contributed by atoms with Gasteiger partial charge in [0.1, 0.15) is 0 Å². The molecule has 0 saturated heterocycles. The Kier molecular flexibility index (Phi) is 4.59. The van der Waals surface area contributed by atoms with E-state index >= 15 is 0 Å². The molecule has 3 N–H and O–H groups in total. The van der Waals surface area contributed by atoms with Crippen molar-refractivity contribution in [3.63, 3.8) is 0 Å². The minimum Gasteiger partial charge on any atom is -0.271 e. The summed E-state index contributed by atoms with van der Waals surface area (Å²) in [7, 11) is 0. The van der Waals surface area contributed by atoms with E-state index in [2.05, 4.69) is 43.5 Å². The second-order valence-electron chi connectivity index (χ2n) is 4.86. The van der Waals surface area contributed by atoms with E-state index in [1.54, 1.807) is 0 Å². The van der Waals surface area contributed by atoms with Gasteiger partial charge < -0.3 is 0 Å². The first-order chi connectivity index (χ1) is 9.11. The predicted octanol–water partition coefficient (Wildman–Crippen LogP) is 3.70. The van der Waals surface area contributed by atoms with Gasteiger partial charge in [0.2, 0.25) is 0 Å². The van der Waals surface area contributed by atoms with Crippen LogP contribution in [-0.4, -0.2) is 0 Å².